The largest absolute Gasteiger partial charge is 0.508 e. The van der Waals surface area contributed by atoms with Crippen LogP contribution in [-0.2, 0) is 0 Å². The summed E-state index contributed by atoms with van der Waals surface area (Å²) in [5.41, 5.74) is 5.72. The number of aromatic hydroxyl groups is 1. The summed E-state index contributed by atoms with van der Waals surface area (Å²) in [5, 5.41) is 13.3. The van der Waals surface area contributed by atoms with Crippen molar-refractivity contribution in [3.63, 3.8) is 0 Å². The Bertz CT molecular complexity index is 674. The predicted molar refractivity (Wildman–Crippen MR) is 88.6 cm³/mol. The average molecular weight is 297 g/mol. The standard InChI is InChI=1S/C17H19N3O2/c1-12(13-4-8-15(9-5-13)20(2)3)18-19-17(22)14-6-10-16(21)11-7-14/h4-11,21H,1-3H3,(H,19,22)/b18-12-. The van der Waals surface area contributed by atoms with Gasteiger partial charge in [0.05, 0.1) is 5.71 Å². The van der Waals surface area contributed by atoms with E-state index in [4.69, 9.17) is 0 Å². The molecule has 0 heterocycles. The number of nitrogens with zero attached hydrogens (tertiary/aromatic N) is 2. The van der Waals surface area contributed by atoms with Crippen molar-refractivity contribution < 1.29 is 9.90 Å². The lowest BCUT2D eigenvalue weighted by atomic mass is 10.1. The Kier molecular flexibility index (Phi) is 4.78. The van der Waals surface area contributed by atoms with E-state index in [-0.39, 0.29) is 11.7 Å². The molecule has 5 heteroatoms. The topological polar surface area (TPSA) is 64.9 Å². The first-order valence-electron chi connectivity index (χ1n) is 6.89. The molecule has 2 N–H and O–H groups in total. The van der Waals surface area contributed by atoms with Crippen LogP contribution in [0.15, 0.2) is 53.6 Å². The predicted octanol–water partition coefficient (Wildman–Crippen LogP) is 2.61. The van der Waals surface area contributed by atoms with E-state index in [0.29, 0.717) is 5.56 Å². The molecule has 0 aliphatic carbocycles. The van der Waals surface area contributed by atoms with Gasteiger partial charge in [0.15, 0.2) is 0 Å². The SMILES string of the molecule is C/C(=N/NC(=O)c1ccc(O)cc1)c1ccc(N(C)C)cc1. The third-order valence-electron chi connectivity index (χ3n) is 3.26. The van der Waals surface area contributed by atoms with Gasteiger partial charge in [0, 0.05) is 25.3 Å². The van der Waals surface area contributed by atoms with Gasteiger partial charge in [-0.3, -0.25) is 4.79 Å². The molecular weight excluding hydrogens is 278 g/mol. The molecule has 0 bridgehead atoms. The number of carbonyl (C=O) groups excluding carboxylic acids is 1. The van der Waals surface area contributed by atoms with Gasteiger partial charge in [0.2, 0.25) is 0 Å². The fraction of sp³-hybridized carbons (Fsp3) is 0.176. The number of phenols is 1. The highest BCUT2D eigenvalue weighted by Gasteiger charge is 2.05. The molecular formula is C17H19N3O2. The van der Waals surface area contributed by atoms with E-state index in [9.17, 15) is 9.90 Å². The van der Waals surface area contributed by atoms with E-state index >= 15 is 0 Å². The zero-order valence-electron chi connectivity index (χ0n) is 12.9. The Hall–Kier alpha value is -2.82. The summed E-state index contributed by atoms with van der Waals surface area (Å²) < 4.78 is 0. The highest BCUT2D eigenvalue weighted by molar-refractivity contribution is 6.01. The number of hydrogen-bond acceptors (Lipinski definition) is 4. The smallest absolute Gasteiger partial charge is 0.271 e. The molecule has 1 amide bonds. The van der Waals surface area contributed by atoms with Crippen molar-refractivity contribution in [2.75, 3.05) is 19.0 Å². The molecule has 22 heavy (non-hydrogen) atoms. The van der Waals surface area contributed by atoms with E-state index in [1.807, 2.05) is 50.2 Å². The molecule has 0 aliphatic heterocycles. The zero-order chi connectivity index (χ0) is 16.1. The second-order valence-electron chi connectivity index (χ2n) is 5.13. The Labute approximate surface area is 129 Å². The van der Waals surface area contributed by atoms with Crippen molar-refractivity contribution in [1.82, 2.24) is 5.43 Å². The van der Waals surface area contributed by atoms with Gasteiger partial charge in [-0.1, -0.05) is 12.1 Å². The lowest BCUT2D eigenvalue weighted by Crippen LogP contribution is -2.19. The number of rotatable bonds is 4. The summed E-state index contributed by atoms with van der Waals surface area (Å²) >= 11 is 0. The van der Waals surface area contributed by atoms with Crippen molar-refractivity contribution in [1.29, 1.82) is 0 Å². The van der Waals surface area contributed by atoms with Crippen LogP contribution in [-0.4, -0.2) is 30.8 Å². The van der Waals surface area contributed by atoms with Gasteiger partial charge in [-0.15, -0.1) is 0 Å². The van der Waals surface area contributed by atoms with Crippen LogP contribution in [0, 0.1) is 0 Å². The minimum atomic E-state index is -0.315. The highest BCUT2D eigenvalue weighted by atomic mass is 16.3. The van der Waals surface area contributed by atoms with Gasteiger partial charge in [0.1, 0.15) is 5.75 Å². The second-order valence-corrected chi connectivity index (χ2v) is 5.13. The van der Waals surface area contributed by atoms with Crippen LogP contribution < -0.4 is 10.3 Å². The van der Waals surface area contributed by atoms with E-state index in [1.165, 1.54) is 12.1 Å². The molecule has 0 saturated heterocycles. The maximum atomic E-state index is 11.9. The van der Waals surface area contributed by atoms with Crippen LogP contribution in [0.3, 0.4) is 0 Å². The van der Waals surface area contributed by atoms with Crippen molar-refractivity contribution in [3.8, 4) is 5.75 Å². The first-order chi connectivity index (χ1) is 10.5. The van der Waals surface area contributed by atoms with Gasteiger partial charge in [-0.25, -0.2) is 5.43 Å². The molecule has 5 nitrogen and oxygen atoms in total. The Morgan fingerprint density at radius 1 is 1.00 bits per heavy atom. The fourth-order valence-electron chi connectivity index (χ4n) is 1.88. The van der Waals surface area contributed by atoms with Crippen molar-refractivity contribution in [2.24, 2.45) is 5.10 Å². The molecule has 0 aromatic heterocycles. The molecule has 114 valence electrons. The molecule has 0 radical (unpaired) electrons. The normalized spacial score (nSPS) is 11.1. The minimum Gasteiger partial charge on any atom is -0.508 e. The highest BCUT2D eigenvalue weighted by Crippen LogP contribution is 2.13. The summed E-state index contributed by atoms with van der Waals surface area (Å²) in [6.45, 7) is 1.84. The number of phenolic OH excluding ortho intramolecular Hbond substituents is 1. The van der Waals surface area contributed by atoms with Gasteiger partial charge in [-0.2, -0.15) is 5.10 Å². The molecule has 0 saturated carbocycles. The van der Waals surface area contributed by atoms with Crippen LogP contribution in [0.5, 0.6) is 5.75 Å². The second kappa shape index (κ2) is 6.76. The lowest BCUT2D eigenvalue weighted by Gasteiger charge is -2.12. The molecule has 0 fully saturated rings. The zero-order valence-corrected chi connectivity index (χ0v) is 12.9. The summed E-state index contributed by atoms with van der Waals surface area (Å²) in [5.74, 6) is -0.193. The van der Waals surface area contributed by atoms with Gasteiger partial charge in [-0.05, 0) is 48.9 Å². The van der Waals surface area contributed by atoms with E-state index in [1.54, 1.807) is 12.1 Å². The summed E-state index contributed by atoms with van der Waals surface area (Å²) in [4.78, 5) is 13.9. The maximum Gasteiger partial charge on any atom is 0.271 e. The number of anilines is 1. The monoisotopic (exact) mass is 297 g/mol. The minimum absolute atomic E-state index is 0.122. The van der Waals surface area contributed by atoms with E-state index in [0.717, 1.165) is 17.0 Å². The molecule has 0 aliphatic rings. The van der Waals surface area contributed by atoms with Crippen molar-refractivity contribution in [2.45, 2.75) is 6.92 Å². The molecule has 2 aromatic rings. The summed E-state index contributed by atoms with van der Waals surface area (Å²) in [6.07, 6.45) is 0. The first kappa shape index (κ1) is 15.6. The Balaban J connectivity index is 2.05. The maximum absolute atomic E-state index is 11.9. The fourth-order valence-corrected chi connectivity index (χ4v) is 1.88. The third-order valence-corrected chi connectivity index (χ3v) is 3.26. The Morgan fingerprint density at radius 2 is 1.55 bits per heavy atom. The quantitative estimate of drug-likeness (QED) is 0.673. The third kappa shape index (κ3) is 3.85. The van der Waals surface area contributed by atoms with Crippen LogP contribution >= 0.6 is 0 Å². The number of hydrazone groups is 1. The number of nitrogens with one attached hydrogen (secondary N) is 1. The number of amides is 1. The Morgan fingerprint density at radius 3 is 2.09 bits per heavy atom. The van der Waals surface area contributed by atoms with E-state index < -0.39 is 0 Å². The van der Waals surface area contributed by atoms with Gasteiger partial charge in [0.25, 0.3) is 5.91 Å². The molecule has 0 unspecified atom stereocenters. The number of carbonyl (C=O) groups is 1. The van der Waals surface area contributed by atoms with E-state index in [2.05, 4.69) is 10.5 Å². The van der Waals surface area contributed by atoms with Crippen molar-refractivity contribution >= 4 is 17.3 Å². The molecule has 0 spiro atoms. The van der Waals surface area contributed by atoms with Crippen LogP contribution in [0.2, 0.25) is 0 Å². The van der Waals surface area contributed by atoms with Crippen LogP contribution in [0.1, 0.15) is 22.8 Å². The molecule has 2 rings (SSSR count). The lowest BCUT2D eigenvalue weighted by molar-refractivity contribution is 0.0955. The van der Waals surface area contributed by atoms with Gasteiger partial charge < -0.3 is 10.0 Å². The first-order valence-corrected chi connectivity index (χ1v) is 6.89. The van der Waals surface area contributed by atoms with Crippen LogP contribution in [0.4, 0.5) is 5.69 Å². The van der Waals surface area contributed by atoms with Gasteiger partial charge >= 0.3 is 0 Å². The molecule has 2 aromatic carbocycles. The average Bonchev–Trinajstić information content (AvgIpc) is 2.53. The van der Waals surface area contributed by atoms with Crippen molar-refractivity contribution in [3.05, 3.63) is 59.7 Å². The van der Waals surface area contributed by atoms with Crippen LogP contribution in [0.25, 0.3) is 0 Å². The summed E-state index contributed by atoms with van der Waals surface area (Å²) in [6, 6.07) is 13.9. The number of benzene rings is 2. The summed E-state index contributed by atoms with van der Waals surface area (Å²) in [7, 11) is 3.96. The molecule has 0 atom stereocenters. The number of hydrogen-bond donors (Lipinski definition) is 2.